The van der Waals surface area contributed by atoms with Crippen LogP contribution >= 0.6 is 0 Å². The molecular formula is C19H16F2N4O2. The Morgan fingerprint density at radius 3 is 2.44 bits per heavy atom. The van der Waals surface area contributed by atoms with Crippen LogP contribution in [0, 0.1) is 11.6 Å². The first kappa shape index (κ1) is 17.1. The van der Waals surface area contributed by atoms with Crippen molar-refractivity contribution >= 4 is 28.2 Å². The molecule has 0 bridgehead atoms. The lowest BCUT2D eigenvalue weighted by Crippen LogP contribution is -2.46. The fraction of sp³-hybridized carbons (Fsp3) is 0.211. The molecule has 2 aromatic carbocycles. The van der Waals surface area contributed by atoms with Gasteiger partial charge in [-0.15, -0.1) is 0 Å². The predicted molar refractivity (Wildman–Crippen MR) is 97.3 cm³/mol. The summed E-state index contributed by atoms with van der Waals surface area (Å²) in [4.78, 5) is 23.7. The number of carbonyl (C=O) groups is 1. The molecule has 4 rings (SSSR count). The Hall–Kier alpha value is -3.29. The molecule has 1 aliphatic heterocycles. The van der Waals surface area contributed by atoms with E-state index in [-0.39, 0.29) is 5.56 Å². The average Bonchev–Trinajstić information content (AvgIpc) is 2.69. The summed E-state index contributed by atoms with van der Waals surface area (Å²) in [6.45, 7) is 2.55. The molecule has 0 amide bonds. The standard InChI is InChI=1S/C19H16F2N4O2/c20-15-3-1-12(9-16(15)21)24-5-7-25(8-6-24)17-4-2-13(19(26)27)18-14(17)10-22-11-23-18/h1-4,9-11H,5-8H2,(H,26,27). The van der Waals surface area contributed by atoms with Crippen molar-refractivity contribution in [2.75, 3.05) is 36.0 Å². The van der Waals surface area contributed by atoms with Crippen LogP contribution in [-0.4, -0.2) is 47.2 Å². The molecule has 0 spiro atoms. The van der Waals surface area contributed by atoms with Gasteiger partial charge in [-0.1, -0.05) is 0 Å². The van der Waals surface area contributed by atoms with Crippen molar-refractivity contribution in [1.29, 1.82) is 0 Å². The molecule has 0 aliphatic carbocycles. The summed E-state index contributed by atoms with van der Waals surface area (Å²) in [5, 5.41) is 10.0. The van der Waals surface area contributed by atoms with Gasteiger partial charge in [-0.25, -0.2) is 23.5 Å². The van der Waals surface area contributed by atoms with Gasteiger partial charge in [-0.2, -0.15) is 0 Å². The summed E-state index contributed by atoms with van der Waals surface area (Å²) in [7, 11) is 0. The lowest BCUT2D eigenvalue weighted by molar-refractivity contribution is 0.0699. The van der Waals surface area contributed by atoms with Crippen LogP contribution in [0.25, 0.3) is 10.9 Å². The zero-order valence-corrected chi connectivity index (χ0v) is 14.3. The van der Waals surface area contributed by atoms with E-state index in [9.17, 15) is 18.7 Å². The molecule has 3 aromatic rings. The number of halogens is 2. The van der Waals surface area contributed by atoms with Gasteiger partial charge < -0.3 is 14.9 Å². The Morgan fingerprint density at radius 2 is 1.74 bits per heavy atom. The molecule has 0 saturated carbocycles. The summed E-state index contributed by atoms with van der Waals surface area (Å²) in [5.74, 6) is -2.75. The van der Waals surface area contributed by atoms with Crippen LogP contribution in [0.1, 0.15) is 10.4 Å². The van der Waals surface area contributed by atoms with Crippen molar-refractivity contribution in [3.63, 3.8) is 0 Å². The van der Waals surface area contributed by atoms with Crippen molar-refractivity contribution in [3.05, 3.63) is 60.1 Å². The second-order valence-corrected chi connectivity index (χ2v) is 6.29. The zero-order chi connectivity index (χ0) is 19.0. The Labute approximate surface area is 153 Å². The fourth-order valence-electron chi connectivity index (χ4n) is 3.40. The van der Waals surface area contributed by atoms with Crippen LogP contribution in [0.3, 0.4) is 0 Å². The number of carboxylic acids is 1. The van der Waals surface area contributed by atoms with Gasteiger partial charge in [-0.3, -0.25) is 0 Å². The van der Waals surface area contributed by atoms with E-state index in [1.54, 1.807) is 24.4 Å². The SMILES string of the molecule is O=C(O)c1ccc(N2CCN(c3ccc(F)c(F)c3)CC2)c2cncnc12. The van der Waals surface area contributed by atoms with E-state index in [1.165, 1.54) is 12.4 Å². The summed E-state index contributed by atoms with van der Waals surface area (Å²) in [6.07, 6.45) is 2.95. The molecule has 27 heavy (non-hydrogen) atoms. The molecule has 0 atom stereocenters. The molecule has 1 aliphatic rings. The van der Waals surface area contributed by atoms with Gasteiger partial charge in [0, 0.05) is 55.2 Å². The minimum Gasteiger partial charge on any atom is -0.478 e. The van der Waals surface area contributed by atoms with Crippen LogP contribution in [-0.2, 0) is 0 Å². The molecule has 1 saturated heterocycles. The van der Waals surface area contributed by atoms with E-state index in [1.807, 2.05) is 4.90 Å². The fourth-order valence-corrected chi connectivity index (χ4v) is 3.40. The quantitative estimate of drug-likeness (QED) is 0.765. The first-order valence-corrected chi connectivity index (χ1v) is 8.45. The molecule has 0 radical (unpaired) electrons. The van der Waals surface area contributed by atoms with Crippen molar-refractivity contribution < 1.29 is 18.7 Å². The molecule has 8 heteroatoms. The summed E-state index contributed by atoms with van der Waals surface area (Å²) in [6, 6.07) is 7.22. The maximum atomic E-state index is 13.5. The highest BCUT2D eigenvalue weighted by atomic mass is 19.2. The molecule has 0 unspecified atom stereocenters. The predicted octanol–water partition coefficient (Wildman–Crippen LogP) is 2.93. The maximum absolute atomic E-state index is 13.5. The summed E-state index contributed by atoms with van der Waals surface area (Å²) in [5.41, 5.74) is 2.04. The Kier molecular flexibility index (Phi) is 4.31. The molecule has 1 N–H and O–H groups in total. The van der Waals surface area contributed by atoms with E-state index in [4.69, 9.17) is 0 Å². The number of anilines is 2. The molecule has 138 valence electrons. The van der Waals surface area contributed by atoms with Gasteiger partial charge >= 0.3 is 5.97 Å². The smallest absolute Gasteiger partial charge is 0.337 e. The van der Waals surface area contributed by atoms with E-state index >= 15 is 0 Å². The van der Waals surface area contributed by atoms with Crippen LogP contribution in [0.2, 0.25) is 0 Å². The minimum atomic E-state index is -1.03. The number of aromatic carboxylic acids is 1. The highest BCUT2D eigenvalue weighted by Gasteiger charge is 2.22. The monoisotopic (exact) mass is 370 g/mol. The third kappa shape index (κ3) is 3.14. The van der Waals surface area contributed by atoms with E-state index in [0.717, 1.165) is 11.8 Å². The number of carboxylic acid groups (broad SMARTS) is 1. The highest BCUT2D eigenvalue weighted by molar-refractivity contribution is 6.05. The van der Waals surface area contributed by atoms with Gasteiger partial charge in [0.2, 0.25) is 0 Å². The Bertz CT molecular complexity index is 1020. The number of piperazine rings is 1. The second kappa shape index (κ2) is 6.79. The normalized spacial score (nSPS) is 14.6. The van der Waals surface area contributed by atoms with Crippen molar-refractivity contribution in [1.82, 2.24) is 9.97 Å². The van der Waals surface area contributed by atoms with Gasteiger partial charge in [-0.05, 0) is 24.3 Å². The molecule has 1 aromatic heterocycles. The average molecular weight is 370 g/mol. The number of aromatic nitrogens is 2. The van der Waals surface area contributed by atoms with Crippen molar-refractivity contribution in [3.8, 4) is 0 Å². The summed E-state index contributed by atoms with van der Waals surface area (Å²) >= 11 is 0. The van der Waals surface area contributed by atoms with Crippen LogP contribution in [0.15, 0.2) is 42.9 Å². The van der Waals surface area contributed by atoms with Crippen LogP contribution < -0.4 is 9.80 Å². The summed E-state index contributed by atoms with van der Waals surface area (Å²) < 4.78 is 26.6. The number of fused-ring (bicyclic) bond motifs is 1. The lowest BCUT2D eigenvalue weighted by atomic mass is 10.1. The molecular weight excluding hydrogens is 354 g/mol. The van der Waals surface area contributed by atoms with Crippen molar-refractivity contribution in [2.24, 2.45) is 0 Å². The highest BCUT2D eigenvalue weighted by Crippen LogP contribution is 2.29. The van der Waals surface area contributed by atoms with Gasteiger partial charge in [0.15, 0.2) is 11.6 Å². The van der Waals surface area contributed by atoms with Gasteiger partial charge in [0.05, 0.1) is 11.1 Å². The zero-order valence-electron chi connectivity index (χ0n) is 14.3. The van der Waals surface area contributed by atoms with Gasteiger partial charge in [0.25, 0.3) is 0 Å². The first-order valence-electron chi connectivity index (χ1n) is 8.45. The minimum absolute atomic E-state index is 0.136. The third-order valence-corrected chi connectivity index (χ3v) is 4.77. The largest absolute Gasteiger partial charge is 0.478 e. The van der Waals surface area contributed by atoms with Crippen LogP contribution in [0.4, 0.5) is 20.2 Å². The Morgan fingerprint density at radius 1 is 1.00 bits per heavy atom. The number of benzene rings is 2. The van der Waals surface area contributed by atoms with Gasteiger partial charge in [0.1, 0.15) is 6.33 Å². The molecule has 2 heterocycles. The van der Waals surface area contributed by atoms with E-state index in [2.05, 4.69) is 14.9 Å². The second-order valence-electron chi connectivity index (χ2n) is 6.29. The van der Waals surface area contributed by atoms with Crippen LogP contribution in [0.5, 0.6) is 0 Å². The van der Waals surface area contributed by atoms with E-state index < -0.39 is 17.6 Å². The topological polar surface area (TPSA) is 69.6 Å². The van der Waals surface area contributed by atoms with Crippen molar-refractivity contribution in [2.45, 2.75) is 0 Å². The number of hydrogen-bond acceptors (Lipinski definition) is 5. The van der Waals surface area contributed by atoms with E-state index in [0.29, 0.717) is 42.8 Å². The number of rotatable bonds is 3. The maximum Gasteiger partial charge on any atom is 0.337 e. The third-order valence-electron chi connectivity index (χ3n) is 4.77. The Balaban J connectivity index is 1.59. The molecule has 1 fully saturated rings. The molecule has 6 nitrogen and oxygen atoms in total. The lowest BCUT2D eigenvalue weighted by Gasteiger charge is -2.37. The first-order chi connectivity index (χ1) is 13.0. The number of nitrogens with zero attached hydrogens (tertiary/aromatic N) is 4. The number of hydrogen-bond donors (Lipinski definition) is 1.